The van der Waals surface area contributed by atoms with Gasteiger partial charge in [0.2, 0.25) is 5.91 Å². The first kappa shape index (κ1) is 15.5. The van der Waals surface area contributed by atoms with Crippen molar-refractivity contribution in [1.29, 1.82) is 0 Å². The van der Waals surface area contributed by atoms with Gasteiger partial charge in [-0.1, -0.05) is 29.3 Å². The molecule has 1 amide bonds. The molecule has 1 saturated carbocycles. The van der Waals surface area contributed by atoms with Crippen LogP contribution in [0, 0.1) is 13.8 Å². The highest BCUT2D eigenvalue weighted by atomic mass is 16.4. The van der Waals surface area contributed by atoms with E-state index in [0.29, 0.717) is 6.54 Å². The number of carboxylic acid groups (broad SMARTS) is 1. The molecule has 0 spiro atoms. The molecule has 21 heavy (non-hydrogen) atoms. The summed E-state index contributed by atoms with van der Waals surface area (Å²) < 4.78 is 0. The van der Waals surface area contributed by atoms with E-state index in [-0.39, 0.29) is 18.9 Å². The van der Waals surface area contributed by atoms with Crippen LogP contribution in [0.4, 0.5) is 0 Å². The van der Waals surface area contributed by atoms with Crippen LogP contribution in [0.3, 0.4) is 0 Å². The number of benzene rings is 1. The number of aryl methyl sites for hydroxylation is 2. The molecule has 1 aliphatic carbocycles. The highest BCUT2D eigenvalue weighted by Crippen LogP contribution is 2.50. The Morgan fingerprint density at radius 1 is 1.19 bits per heavy atom. The quantitative estimate of drug-likeness (QED) is 0.876. The van der Waals surface area contributed by atoms with E-state index in [1.165, 1.54) is 0 Å². The number of rotatable bonds is 6. The Labute approximate surface area is 125 Å². The molecule has 1 aliphatic rings. The molecule has 2 rings (SSSR count). The number of amides is 1. The summed E-state index contributed by atoms with van der Waals surface area (Å²) in [7, 11) is 0. The number of carboxylic acids is 1. The van der Waals surface area contributed by atoms with Crippen LogP contribution >= 0.6 is 0 Å². The third-order valence-corrected chi connectivity index (χ3v) is 4.20. The Hall–Kier alpha value is -1.84. The minimum Gasteiger partial charge on any atom is -0.481 e. The first-order valence-corrected chi connectivity index (χ1v) is 7.49. The molecule has 1 fully saturated rings. The largest absolute Gasteiger partial charge is 0.481 e. The predicted molar refractivity (Wildman–Crippen MR) is 81.3 cm³/mol. The van der Waals surface area contributed by atoms with E-state index in [2.05, 4.69) is 18.2 Å². The molecule has 0 heterocycles. The molecule has 0 unspecified atom stereocenters. The van der Waals surface area contributed by atoms with Crippen molar-refractivity contribution in [2.45, 2.75) is 45.4 Å². The van der Waals surface area contributed by atoms with Crippen molar-refractivity contribution >= 4 is 11.9 Å². The van der Waals surface area contributed by atoms with Crippen LogP contribution in [0.1, 0.15) is 42.9 Å². The van der Waals surface area contributed by atoms with Crippen molar-refractivity contribution in [3.8, 4) is 0 Å². The van der Waals surface area contributed by atoms with Crippen LogP contribution in [-0.2, 0) is 15.0 Å². The summed E-state index contributed by atoms with van der Waals surface area (Å²) in [6, 6.07) is 6.28. The van der Waals surface area contributed by atoms with E-state index >= 15 is 0 Å². The SMILES string of the molecule is CCN(CCC(=O)O)C(=O)C1(c2cc(C)cc(C)c2)CC1. The fourth-order valence-corrected chi connectivity index (χ4v) is 2.94. The predicted octanol–water partition coefficient (Wildman–Crippen LogP) is 2.66. The van der Waals surface area contributed by atoms with Gasteiger partial charge in [0, 0.05) is 13.1 Å². The van der Waals surface area contributed by atoms with E-state index in [9.17, 15) is 9.59 Å². The Kier molecular flexibility index (Phi) is 4.35. The molecule has 4 heteroatoms. The maximum absolute atomic E-state index is 12.8. The Bertz CT molecular complexity index is 541. The van der Waals surface area contributed by atoms with E-state index in [1.54, 1.807) is 4.90 Å². The molecule has 114 valence electrons. The summed E-state index contributed by atoms with van der Waals surface area (Å²) in [5, 5.41) is 8.81. The minimum atomic E-state index is -0.863. The highest BCUT2D eigenvalue weighted by molar-refractivity contribution is 5.91. The van der Waals surface area contributed by atoms with Crippen molar-refractivity contribution in [3.63, 3.8) is 0 Å². The molecule has 1 aromatic carbocycles. The molecular formula is C17H23NO3. The summed E-state index contributed by atoms with van der Waals surface area (Å²) in [4.78, 5) is 25.2. The second-order valence-corrected chi connectivity index (χ2v) is 5.99. The topological polar surface area (TPSA) is 57.6 Å². The number of aliphatic carboxylic acids is 1. The Morgan fingerprint density at radius 2 is 1.76 bits per heavy atom. The van der Waals surface area contributed by atoms with E-state index in [0.717, 1.165) is 29.5 Å². The van der Waals surface area contributed by atoms with Gasteiger partial charge in [0.1, 0.15) is 0 Å². The smallest absolute Gasteiger partial charge is 0.305 e. The normalized spacial score (nSPS) is 15.6. The number of carbonyl (C=O) groups is 2. The van der Waals surface area contributed by atoms with Gasteiger partial charge in [0.25, 0.3) is 0 Å². The number of hydrogen-bond donors (Lipinski definition) is 1. The zero-order valence-corrected chi connectivity index (χ0v) is 13.0. The lowest BCUT2D eigenvalue weighted by Crippen LogP contribution is -2.40. The summed E-state index contributed by atoms with van der Waals surface area (Å²) in [6.07, 6.45) is 1.72. The number of carbonyl (C=O) groups excluding carboxylic acids is 1. The number of hydrogen-bond acceptors (Lipinski definition) is 2. The second kappa shape index (κ2) is 5.88. The van der Waals surface area contributed by atoms with Crippen LogP contribution in [0.15, 0.2) is 18.2 Å². The lowest BCUT2D eigenvalue weighted by Gasteiger charge is -2.26. The average Bonchev–Trinajstić information content (AvgIpc) is 3.19. The van der Waals surface area contributed by atoms with Gasteiger partial charge >= 0.3 is 5.97 Å². The second-order valence-electron chi connectivity index (χ2n) is 5.99. The minimum absolute atomic E-state index is 0.00249. The van der Waals surface area contributed by atoms with E-state index in [1.807, 2.05) is 20.8 Å². The van der Waals surface area contributed by atoms with Crippen LogP contribution in [0.2, 0.25) is 0 Å². The molecule has 1 N–H and O–H groups in total. The van der Waals surface area contributed by atoms with Gasteiger partial charge in [0.05, 0.1) is 11.8 Å². The molecule has 4 nitrogen and oxygen atoms in total. The van der Waals surface area contributed by atoms with Crippen LogP contribution in [-0.4, -0.2) is 35.0 Å². The first-order valence-electron chi connectivity index (χ1n) is 7.49. The van der Waals surface area contributed by atoms with Gasteiger partial charge in [-0.25, -0.2) is 0 Å². The zero-order valence-electron chi connectivity index (χ0n) is 13.0. The Morgan fingerprint density at radius 3 is 2.19 bits per heavy atom. The molecule has 0 aliphatic heterocycles. The van der Waals surface area contributed by atoms with Gasteiger partial charge in [-0.3, -0.25) is 9.59 Å². The fraction of sp³-hybridized carbons (Fsp3) is 0.529. The van der Waals surface area contributed by atoms with Crippen LogP contribution in [0.5, 0.6) is 0 Å². The van der Waals surface area contributed by atoms with Crippen molar-refractivity contribution in [3.05, 3.63) is 34.9 Å². The van der Waals surface area contributed by atoms with Crippen molar-refractivity contribution in [2.75, 3.05) is 13.1 Å². The van der Waals surface area contributed by atoms with E-state index < -0.39 is 11.4 Å². The highest BCUT2D eigenvalue weighted by Gasteiger charge is 2.52. The zero-order chi connectivity index (χ0) is 15.6. The average molecular weight is 289 g/mol. The third-order valence-electron chi connectivity index (χ3n) is 4.20. The lowest BCUT2D eigenvalue weighted by atomic mass is 9.91. The maximum atomic E-state index is 12.8. The maximum Gasteiger partial charge on any atom is 0.305 e. The van der Waals surface area contributed by atoms with Gasteiger partial charge in [0.15, 0.2) is 0 Å². The Balaban J connectivity index is 2.22. The van der Waals surface area contributed by atoms with Gasteiger partial charge in [-0.15, -0.1) is 0 Å². The summed E-state index contributed by atoms with van der Waals surface area (Å²) >= 11 is 0. The first-order chi connectivity index (χ1) is 9.89. The van der Waals surface area contributed by atoms with Gasteiger partial charge in [-0.2, -0.15) is 0 Å². The molecule has 1 aromatic rings. The third kappa shape index (κ3) is 3.26. The molecular weight excluding hydrogens is 266 g/mol. The molecule has 0 atom stereocenters. The lowest BCUT2D eigenvalue weighted by molar-refractivity contribution is -0.139. The molecule has 0 radical (unpaired) electrons. The summed E-state index contributed by atoms with van der Waals surface area (Å²) in [6.45, 7) is 6.82. The van der Waals surface area contributed by atoms with Crippen LogP contribution in [0.25, 0.3) is 0 Å². The fourth-order valence-electron chi connectivity index (χ4n) is 2.94. The summed E-state index contributed by atoms with van der Waals surface area (Å²) in [5.74, 6) is -0.784. The molecule has 0 aromatic heterocycles. The molecule has 0 saturated heterocycles. The summed E-state index contributed by atoms with van der Waals surface area (Å²) in [5.41, 5.74) is 3.00. The number of nitrogens with zero attached hydrogens (tertiary/aromatic N) is 1. The van der Waals surface area contributed by atoms with Gasteiger partial charge in [-0.05, 0) is 39.2 Å². The van der Waals surface area contributed by atoms with Crippen molar-refractivity contribution in [1.82, 2.24) is 4.90 Å². The standard InChI is InChI=1S/C17H23NO3/c1-4-18(8-5-15(19)20)16(21)17(6-7-17)14-10-12(2)9-13(3)11-14/h9-11H,4-8H2,1-3H3,(H,19,20). The monoisotopic (exact) mass is 289 g/mol. The van der Waals surface area contributed by atoms with Crippen molar-refractivity contribution in [2.24, 2.45) is 0 Å². The molecule has 0 bridgehead atoms. The van der Waals surface area contributed by atoms with E-state index in [4.69, 9.17) is 5.11 Å². The van der Waals surface area contributed by atoms with Crippen molar-refractivity contribution < 1.29 is 14.7 Å². The van der Waals surface area contributed by atoms with Crippen LogP contribution < -0.4 is 0 Å². The number of likely N-dealkylation sites (N-methyl/N-ethyl adjacent to an activating group) is 1. The van der Waals surface area contributed by atoms with Gasteiger partial charge < -0.3 is 10.0 Å².